The fourth-order valence-corrected chi connectivity index (χ4v) is 5.72. The Morgan fingerprint density at radius 2 is 2.19 bits per heavy atom. The lowest BCUT2D eigenvalue weighted by Gasteiger charge is -2.27. The number of anilines is 1. The van der Waals surface area contributed by atoms with E-state index in [0.29, 0.717) is 55.9 Å². The number of amides is 2. The predicted octanol–water partition coefficient (Wildman–Crippen LogP) is 4.40. The van der Waals surface area contributed by atoms with Crippen LogP contribution in [0.5, 0.6) is 5.75 Å². The van der Waals surface area contributed by atoms with Gasteiger partial charge in [-0.25, -0.2) is 4.98 Å². The summed E-state index contributed by atoms with van der Waals surface area (Å²) in [5, 5.41) is 13.3. The summed E-state index contributed by atoms with van der Waals surface area (Å²) >= 11 is 1.40. The molecule has 1 aromatic carbocycles. The number of hydrogen-bond acceptors (Lipinski definition) is 6. The molecular formula is C27H31N5O3S. The van der Waals surface area contributed by atoms with E-state index in [-0.39, 0.29) is 17.7 Å². The number of hydrogen-bond donors (Lipinski definition) is 1. The molecule has 0 radical (unpaired) electrons. The number of thiophene rings is 1. The zero-order chi connectivity index (χ0) is 25.7. The summed E-state index contributed by atoms with van der Waals surface area (Å²) in [5.74, 6) is 1.61. The Kier molecular flexibility index (Phi) is 8.06. The molecule has 0 fully saturated rings. The molecule has 1 aliphatic rings. The summed E-state index contributed by atoms with van der Waals surface area (Å²) < 4.78 is 7.49. The van der Waals surface area contributed by atoms with E-state index in [0.717, 1.165) is 27.6 Å². The van der Waals surface area contributed by atoms with E-state index in [1.165, 1.54) is 11.3 Å². The number of nitrogens with zero attached hydrogens (tertiary/aromatic N) is 4. The molecule has 3 aromatic rings. The van der Waals surface area contributed by atoms with Crippen LogP contribution in [-0.4, -0.2) is 39.4 Å². The average Bonchev–Trinajstić information content (AvgIpc) is 3.44. The smallest absolute Gasteiger partial charge is 0.225 e. The van der Waals surface area contributed by atoms with Crippen molar-refractivity contribution < 1.29 is 14.3 Å². The second-order valence-electron chi connectivity index (χ2n) is 9.00. The fourth-order valence-electron chi connectivity index (χ4n) is 4.49. The maximum atomic E-state index is 12.9. The zero-order valence-electron chi connectivity index (χ0n) is 20.9. The van der Waals surface area contributed by atoms with Crippen molar-refractivity contribution in [3.63, 3.8) is 0 Å². The molecule has 2 amide bonds. The van der Waals surface area contributed by atoms with Crippen LogP contribution in [0, 0.1) is 11.3 Å². The normalized spacial score (nSPS) is 13.6. The third-order valence-corrected chi connectivity index (χ3v) is 7.62. The highest BCUT2D eigenvalue weighted by Crippen LogP contribution is 2.37. The van der Waals surface area contributed by atoms with Gasteiger partial charge >= 0.3 is 0 Å². The Hall–Kier alpha value is -3.64. The Morgan fingerprint density at radius 3 is 2.92 bits per heavy atom. The summed E-state index contributed by atoms with van der Waals surface area (Å²) in [6.45, 7) is 5.56. The van der Waals surface area contributed by atoms with E-state index in [1.54, 1.807) is 6.20 Å². The standard InChI is InChI=1S/C27H31N5O3S/c1-4-35-20-7-5-6-19(15-20)18(2)14-25(33)30-27-22(16-28)21-10-12-32(17-23(21)36-27)26(34)9-8-24-29-11-13-31(24)3/h5-7,11,13,15,18H,4,8-10,12,14,17H2,1-3H3,(H,30,33)/t18-/m0/s1. The van der Waals surface area contributed by atoms with Crippen LogP contribution in [0.2, 0.25) is 0 Å². The second-order valence-corrected chi connectivity index (χ2v) is 10.1. The topological polar surface area (TPSA) is 100 Å². The molecule has 0 saturated heterocycles. The molecule has 188 valence electrons. The maximum absolute atomic E-state index is 12.9. The monoisotopic (exact) mass is 505 g/mol. The third kappa shape index (κ3) is 5.77. The first kappa shape index (κ1) is 25.5. The van der Waals surface area contributed by atoms with E-state index in [9.17, 15) is 14.9 Å². The molecule has 4 rings (SSSR count). The van der Waals surface area contributed by atoms with Gasteiger partial charge < -0.3 is 19.5 Å². The van der Waals surface area contributed by atoms with Gasteiger partial charge in [-0.05, 0) is 42.5 Å². The minimum atomic E-state index is -0.137. The average molecular weight is 506 g/mol. The SMILES string of the molecule is CCOc1cccc([C@@H](C)CC(=O)Nc2sc3c(c2C#N)CCN(C(=O)CCc2nccn2C)C3)c1. The highest BCUT2D eigenvalue weighted by atomic mass is 32.1. The lowest BCUT2D eigenvalue weighted by Crippen LogP contribution is -2.35. The van der Waals surface area contributed by atoms with E-state index in [4.69, 9.17) is 4.74 Å². The largest absolute Gasteiger partial charge is 0.494 e. The molecule has 1 atom stereocenters. The van der Waals surface area contributed by atoms with Crippen molar-refractivity contribution in [2.75, 3.05) is 18.5 Å². The number of rotatable bonds is 9. The van der Waals surface area contributed by atoms with Crippen molar-refractivity contribution in [1.29, 1.82) is 5.26 Å². The number of benzene rings is 1. The molecule has 1 N–H and O–H groups in total. The molecule has 0 unspecified atom stereocenters. The molecule has 3 heterocycles. The first-order valence-corrected chi connectivity index (χ1v) is 13.0. The Bertz CT molecular complexity index is 1290. The Labute approximate surface area is 215 Å². The lowest BCUT2D eigenvalue weighted by atomic mass is 9.97. The summed E-state index contributed by atoms with van der Waals surface area (Å²) in [5.41, 5.74) is 2.50. The highest BCUT2D eigenvalue weighted by molar-refractivity contribution is 7.16. The van der Waals surface area contributed by atoms with Crippen molar-refractivity contribution in [2.24, 2.45) is 7.05 Å². The van der Waals surface area contributed by atoms with Gasteiger partial charge in [0.1, 0.15) is 22.6 Å². The number of nitrogens with one attached hydrogen (secondary N) is 1. The minimum Gasteiger partial charge on any atom is -0.494 e. The van der Waals surface area contributed by atoms with E-state index in [2.05, 4.69) is 16.4 Å². The number of nitriles is 1. The molecule has 1 aliphatic heterocycles. The molecule has 0 saturated carbocycles. The summed E-state index contributed by atoms with van der Waals surface area (Å²) in [4.78, 5) is 32.8. The summed E-state index contributed by atoms with van der Waals surface area (Å²) in [6.07, 6.45) is 5.49. The van der Waals surface area contributed by atoms with Crippen LogP contribution in [0.1, 0.15) is 60.0 Å². The molecule has 0 bridgehead atoms. The van der Waals surface area contributed by atoms with Crippen molar-refractivity contribution >= 4 is 28.2 Å². The van der Waals surface area contributed by atoms with Crippen LogP contribution in [0.4, 0.5) is 5.00 Å². The van der Waals surface area contributed by atoms with Crippen LogP contribution >= 0.6 is 11.3 Å². The van der Waals surface area contributed by atoms with E-state index >= 15 is 0 Å². The number of fused-ring (bicyclic) bond motifs is 1. The van der Waals surface area contributed by atoms with Gasteiger partial charge in [0.05, 0.1) is 18.7 Å². The quantitative estimate of drug-likeness (QED) is 0.465. The van der Waals surface area contributed by atoms with Gasteiger partial charge in [-0.15, -0.1) is 11.3 Å². The van der Waals surface area contributed by atoms with Crippen LogP contribution in [0.25, 0.3) is 0 Å². The van der Waals surface area contributed by atoms with Gasteiger partial charge in [-0.2, -0.15) is 5.26 Å². The summed E-state index contributed by atoms with van der Waals surface area (Å²) in [6, 6.07) is 10.1. The number of carbonyl (C=O) groups is 2. The molecule has 2 aromatic heterocycles. The summed E-state index contributed by atoms with van der Waals surface area (Å²) in [7, 11) is 1.92. The first-order valence-electron chi connectivity index (χ1n) is 12.2. The van der Waals surface area contributed by atoms with Gasteiger partial charge in [0.25, 0.3) is 0 Å². The van der Waals surface area contributed by atoms with Crippen molar-refractivity contribution in [3.05, 3.63) is 64.1 Å². The van der Waals surface area contributed by atoms with Crippen LogP contribution < -0.4 is 10.1 Å². The molecule has 8 nitrogen and oxygen atoms in total. The van der Waals surface area contributed by atoms with Gasteiger partial charge in [-0.1, -0.05) is 19.1 Å². The fraction of sp³-hybridized carbons (Fsp3) is 0.407. The van der Waals surface area contributed by atoms with E-state index < -0.39 is 0 Å². The third-order valence-electron chi connectivity index (χ3n) is 6.49. The highest BCUT2D eigenvalue weighted by Gasteiger charge is 2.28. The van der Waals surface area contributed by atoms with Crippen LogP contribution in [0.15, 0.2) is 36.7 Å². The minimum absolute atomic E-state index is 0.00245. The van der Waals surface area contributed by atoms with Crippen molar-refractivity contribution in [1.82, 2.24) is 14.5 Å². The molecule has 36 heavy (non-hydrogen) atoms. The van der Waals surface area contributed by atoms with Gasteiger partial charge in [-0.3, -0.25) is 9.59 Å². The number of aryl methyl sites for hydroxylation is 2. The van der Waals surface area contributed by atoms with E-state index in [1.807, 2.05) is 60.8 Å². The molecular weight excluding hydrogens is 474 g/mol. The van der Waals surface area contributed by atoms with Crippen LogP contribution in [-0.2, 0) is 36.0 Å². The zero-order valence-corrected chi connectivity index (χ0v) is 21.7. The maximum Gasteiger partial charge on any atom is 0.225 e. The number of aromatic nitrogens is 2. The molecule has 0 aliphatic carbocycles. The number of ether oxygens (including phenoxy) is 1. The van der Waals surface area contributed by atoms with Crippen molar-refractivity contribution in [2.45, 2.75) is 52.0 Å². The predicted molar refractivity (Wildman–Crippen MR) is 139 cm³/mol. The number of carbonyl (C=O) groups excluding carboxylic acids is 2. The first-order chi connectivity index (χ1) is 17.4. The number of imidazole rings is 1. The molecule has 0 spiro atoms. The van der Waals surface area contributed by atoms with Gasteiger partial charge in [0.2, 0.25) is 11.8 Å². The Morgan fingerprint density at radius 1 is 1.36 bits per heavy atom. The second kappa shape index (κ2) is 11.4. The lowest BCUT2D eigenvalue weighted by molar-refractivity contribution is -0.132. The Balaban J connectivity index is 1.38. The van der Waals surface area contributed by atoms with Gasteiger partial charge in [0, 0.05) is 50.1 Å². The van der Waals surface area contributed by atoms with Crippen molar-refractivity contribution in [3.8, 4) is 11.8 Å². The molecule has 9 heteroatoms. The van der Waals surface area contributed by atoms with Crippen LogP contribution in [0.3, 0.4) is 0 Å². The van der Waals surface area contributed by atoms with Gasteiger partial charge in [0.15, 0.2) is 0 Å².